The van der Waals surface area contributed by atoms with Gasteiger partial charge in [0.25, 0.3) is 0 Å². The van der Waals surface area contributed by atoms with Crippen LogP contribution in [-0.2, 0) is 21.7 Å². The molecular weight excluding hydrogens is 458 g/mol. The van der Waals surface area contributed by atoms with E-state index < -0.39 is 9.84 Å². The minimum Gasteiger partial charge on any atom is -0.496 e. The van der Waals surface area contributed by atoms with Crippen LogP contribution >= 0.6 is 11.6 Å². The first kappa shape index (κ1) is 24.4. The fraction of sp³-hybridized carbons (Fsp3) is 0.538. The summed E-state index contributed by atoms with van der Waals surface area (Å²) in [6, 6.07) is 12.5. The van der Waals surface area contributed by atoms with Crippen LogP contribution in [0.2, 0.25) is 5.02 Å². The van der Waals surface area contributed by atoms with Crippen molar-refractivity contribution in [2.45, 2.75) is 56.9 Å². The number of hydrogen-bond acceptors (Lipinski definition) is 5. The van der Waals surface area contributed by atoms with Crippen molar-refractivity contribution in [3.63, 3.8) is 0 Å². The number of sulfone groups is 1. The summed E-state index contributed by atoms with van der Waals surface area (Å²) in [5.74, 6) is 2.06. The molecule has 33 heavy (non-hydrogen) atoms. The molecule has 1 atom stereocenters. The number of hydrogen-bond donors (Lipinski definition) is 1. The van der Waals surface area contributed by atoms with Crippen molar-refractivity contribution in [2.75, 3.05) is 31.8 Å². The number of rotatable bonds is 10. The van der Waals surface area contributed by atoms with Gasteiger partial charge in [0.1, 0.15) is 21.3 Å². The third-order valence-corrected chi connectivity index (χ3v) is 9.23. The third kappa shape index (κ3) is 5.18. The van der Waals surface area contributed by atoms with E-state index in [-0.39, 0.29) is 23.0 Å². The number of fused-ring (bicyclic) bond motifs is 1. The van der Waals surface area contributed by atoms with Crippen LogP contribution in [0, 0.1) is 0 Å². The lowest BCUT2D eigenvalue weighted by atomic mass is 9.57. The van der Waals surface area contributed by atoms with Gasteiger partial charge in [0.05, 0.1) is 19.5 Å². The molecule has 2 aromatic rings. The van der Waals surface area contributed by atoms with Crippen LogP contribution in [0.5, 0.6) is 11.5 Å². The van der Waals surface area contributed by atoms with Gasteiger partial charge >= 0.3 is 0 Å². The first-order chi connectivity index (χ1) is 15.9. The van der Waals surface area contributed by atoms with Crippen molar-refractivity contribution < 1.29 is 17.9 Å². The molecule has 0 saturated heterocycles. The monoisotopic (exact) mass is 491 g/mol. The van der Waals surface area contributed by atoms with E-state index in [9.17, 15) is 8.42 Å². The molecule has 0 amide bonds. The summed E-state index contributed by atoms with van der Waals surface area (Å²) in [4.78, 5) is 0. The number of nitrogens with one attached hydrogen (secondary N) is 1. The molecule has 0 aromatic heterocycles. The van der Waals surface area contributed by atoms with Gasteiger partial charge in [-0.05, 0) is 74.0 Å². The second-order valence-corrected chi connectivity index (χ2v) is 11.9. The maximum Gasteiger partial charge on any atom is 0.150 e. The van der Waals surface area contributed by atoms with Crippen molar-refractivity contribution in [1.82, 2.24) is 5.32 Å². The molecule has 5 nitrogen and oxygen atoms in total. The molecule has 1 aliphatic carbocycles. The number of ether oxygens (including phenoxy) is 2. The van der Waals surface area contributed by atoms with Crippen molar-refractivity contribution >= 4 is 21.4 Å². The summed E-state index contributed by atoms with van der Waals surface area (Å²) in [6.45, 7) is 3.22. The van der Waals surface area contributed by atoms with Gasteiger partial charge in [-0.25, -0.2) is 8.42 Å². The van der Waals surface area contributed by atoms with Gasteiger partial charge in [-0.3, -0.25) is 0 Å². The summed E-state index contributed by atoms with van der Waals surface area (Å²) < 4.78 is 35.6. The van der Waals surface area contributed by atoms with E-state index in [2.05, 4.69) is 23.5 Å². The maximum atomic E-state index is 12.0. The Bertz CT molecular complexity index is 1080. The zero-order valence-electron chi connectivity index (χ0n) is 19.5. The Kier molecular flexibility index (Phi) is 7.56. The molecule has 2 aliphatic rings. The quantitative estimate of drug-likeness (QED) is 0.460. The van der Waals surface area contributed by atoms with Crippen LogP contribution in [0.1, 0.15) is 61.8 Å². The molecule has 1 saturated carbocycles. The summed E-state index contributed by atoms with van der Waals surface area (Å²) in [6.07, 6.45) is 5.50. The molecular formula is C26H34ClNO4S. The fourth-order valence-corrected chi connectivity index (χ4v) is 6.89. The molecule has 180 valence electrons. The normalized spacial score (nSPS) is 19.4. The summed E-state index contributed by atoms with van der Waals surface area (Å²) in [7, 11) is -1.27. The molecule has 7 heteroatoms. The number of methoxy groups -OCH3 is 1. The van der Waals surface area contributed by atoms with Gasteiger partial charge in [-0.15, -0.1) is 0 Å². The first-order valence-electron chi connectivity index (χ1n) is 11.9. The lowest BCUT2D eigenvalue weighted by molar-refractivity contribution is 0.159. The van der Waals surface area contributed by atoms with E-state index in [0.717, 1.165) is 37.3 Å². The highest BCUT2D eigenvalue weighted by atomic mass is 35.5. The molecule has 0 bridgehead atoms. The van der Waals surface area contributed by atoms with Crippen LogP contribution in [0.3, 0.4) is 0 Å². The van der Waals surface area contributed by atoms with Crippen molar-refractivity contribution in [3.8, 4) is 11.5 Å². The fourth-order valence-electron chi connectivity index (χ4n) is 5.34. The van der Waals surface area contributed by atoms with Gasteiger partial charge in [0.2, 0.25) is 0 Å². The smallest absolute Gasteiger partial charge is 0.150 e. The zero-order chi connectivity index (χ0) is 23.5. The van der Waals surface area contributed by atoms with Gasteiger partial charge in [-0.1, -0.05) is 37.1 Å². The SMILES string of the molecule is CCCS(=O)(=O)CCCOc1ccc2c(c1)C(C1(c3ccc(Cl)cc3OC)CCC1)NCC2. The van der Waals surface area contributed by atoms with Crippen LogP contribution in [-0.4, -0.2) is 40.2 Å². The van der Waals surface area contributed by atoms with E-state index in [1.54, 1.807) is 7.11 Å². The van der Waals surface area contributed by atoms with Gasteiger partial charge in [0.15, 0.2) is 0 Å². The van der Waals surface area contributed by atoms with Crippen molar-refractivity contribution in [2.24, 2.45) is 0 Å². The lowest BCUT2D eigenvalue weighted by Gasteiger charge is -2.51. The van der Waals surface area contributed by atoms with E-state index in [1.807, 2.05) is 25.1 Å². The first-order valence-corrected chi connectivity index (χ1v) is 14.1. The van der Waals surface area contributed by atoms with E-state index >= 15 is 0 Å². The average molecular weight is 492 g/mol. The molecule has 2 aromatic carbocycles. The van der Waals surface area contributed by atoms with Gasteiger partial charge in [0, 0.05) is 27.8 Å². The highest BCUT2D eigenvalue weighted by Crippen LogP contribution is 2.56. The third-order valence-electron chi connectivity index (χ3n) is 7.05. The lowest BCUT2D eigenvalue weighted by Crippen LogP contribution is -2.49. The van der Waals surface area contributed by atoms with Crippen molar-refractivity contribution in [3.05, 3.63) is 58.1 Å². The van der Waals surface area contributed by atoms with E-state index in [0.29, 0.717) is 24.5 Å². The number of halogens is 1. The Balaban J connectivity index is 1.56. The summed E-state index contributed by atoms with van der Waals surface area (Å²) in [5, 5.41) is 4.47. The molecule has 1 heterocycles. The van der Waals surface area contributed by atoms with Gasteiger partial charge < -0.3 is 14.8 Å². The summed E-state index contributed by atoms with van der Waals surface area (Å²) >= 11 is 6.25. The minimum absolute atomic E-state index is 0.0437. The highest BCUT2D eigenvalue weighted by molar-refractivity contribution is 7.91. The maximum absolute atomic E-state index is 12.0. The molecule has 1 fully saturated rings. The Morgan fingerprint density at radius 1 is 1.15 bits per heavy atom. The van der Waals surface area contributed by atoms with Crippen molar-refractivity contribution in [1.29, 1.82) is 0 Å². The molecule has 0 radical (unpaired) electrons. The van der Waals surface area contributed by atoms with Crippen LogP contribution in [0.4, 0.5) is 0 Å². The predicted molar refractivity (Wildman–Crippen MR) is 133 cm³/mol. The van der Waals surface area contributed by atoms with Gasteiger partial charge in [-0.2, -0.15) is 0 Å². The summed E-state index contributed by atoms with van der Waals surface area (Å²) in [5.41, 5.74) is 3.78. The largest absolute Gasteiger partial charge is 0.496 e. The molecule has 4 rings (SSSR count). The molecule has 1 unspecified atom stereocenters. The molecule has 1 aliphatic heterocycles. The predicted octanol–water partition coefficient (Wildman–Crippen LogP) is 5.25. The second kappa shape index (κ2) is 10.2. The molecule has 0 spiro atoms. The topological polar surface area (TPSA) is 64.6 Å². The Morgan fingerprint density at radius 2 is 1.97 bits per heavy atom. The Hall–Kier alpha value is -1.76. The van der Waals surface area contributed by atoms with E-state index in [1.165, 1.54) is 23.1 Å². The Morgan fingerprint density at radius 3 is 2.67 bits per heavy atom. The average Bonchev–Trinajstić information content (AvgIpc) is 2.77. The highest BCUT2D eigenvalue weighted by Gasteiger charge is 2.49. The van der Waals surface area contributed by atoms with E-state index in [4.69, 9.17) is 21.1 Å². The second-order valence-electron chi connectivity index (χ2n) is 9.21. The zero-order valence-corrected chi connectivity index (χ0v) is 21.1. The minimum atomic E-state index is -2.98. The molecule has 1 N–H and O–H groups in total. The Labute approximate surface area is 202 Å². The number of benzene rings is 2. The van der Waals surface area contributed by atoms with Crippen LogP contribution in [0.15, 0.2) is 36.4 Å². The van der Waals surface area contributed by atoms with Crippen LogP contribution in [0.25, 0.3) is 0 Å². The van der Waals surface area contributed by atoms with Crippen LogP contribution < -0.4 is 14.8 Å². The standard InChI is InChI=1S/C26H34ClNO4S/c1-3-15-33(29,30)16-5-14-32-21-8-6-19-10-13-28-25(22(19)18-21)26(11-4-12-26)23-9-7-20(27)17-24(23)31-2/h6-9,17-18,25,28H,3-5,10-16H2,1-2H3.